The van der Waals surface area contributed by atoms with Crippen LogP contribution in [-0.2, 0) is 6.42 Å². The molecule has 1 aliphatic rings. The van der Waals surface area contributed by atoms with Gasteiger partial charge >= 0.3 is 0 Å². The molecule has 0 saturated carbocycles. The van der Waals surface area contributed by atoms with Crippen LogP contribution in [0.25, 0.3) is 0 Å². The summed E-state index contributed by atoms with van der Waals surface area (Å²) in [4.78, 5) is 2.35. The van der Waals surface area contributed by atoms with Gasteiger partial charge in [0.15, 0.2) is 0 Å². The van der Waals surface area contributed by atoms with Crippen molar-refractivity contribution in [2.45, 2.75) is 26.7 Å². The van der Waals surface area contributed by atoms with E-state index in [-0.39, 0.29) is 12.0 Å². The number of benzene rings is 1. The molecule has 0 amide bonds. The summed E-state index contributed by atoms with van der Waals surface area (Å²) in [7, 11) is 0. The van der Waals surface area contributed by atoms with E-state index >= 15 is 0 Å². The molecule has 15 heavy (non-hydrogen) atoms. The topological polar surface area (TPSA) is 38.2 Å². The van der Waals surface area contributed by atoms with E-state index in [1.807, 2.05) is 13.0 Å². The predicted molar refractivity (Wildman–Crippen MR) is 62.4 cm³/mol. The van der Waals surface area contributed by atoms with Gasteiger partial charge in [0.1, 0.15) is 5.82 Å². The average Bonchev–Trinajstić information content (AvgIpc) is 2.51. The highest BCUT2D eigenvalue weighted by atomic mass is 19.1. The summed E-state index contributed by atoms with van der Waals surface area (Å²) in [5.74, 6) is -0.0675. The first-order valence-corrected chi connectivity index (χ1v) is 5.26. The Morgan fingerprint density at radius 3 is 2.80 bits per heavy atom. The smallest absolute Gasteiger partial charge is 0.126 e. The Hall–Kier alpha value is -1.09. The van der Waals surface area contributed by atoms with E-state index in [2.05, 4.69) is 11.8 Å². The molecule has 0 atom stereocenters. The minimum absolute atomic E-state index is 0. The molecule has 1 aromatic carbocycles. The first kappa shape index (κ1) is 12.0. The van der Waals surface area contributed by atoms with Crippen LogP contribution in [0.2, 0.25) is 0 Å². The molecule has 0 fully saturated rings. The molecule has 0 spiro atoms. The maximum atomic E-state index is 13.3. The molecule has 0 saturated heterocycles. The van der Waals surface area contributed by atoms with Crippen LogP contribution in [0.1, 0.15) is 24.5 Å². The highest BCUT2D eigenvalue weighted by Gasteiger charge is 2.19. The summed E-state index contributed by atoms with van der Waals surface area (Å²) in [6.45, 7) is 6.14. The minimum atomic E-state index is -0.0675. The molecule has 3 heteroatoms. The van der Waals surface area contributed by atoms with E-state index in [9.17, 15) is 4.39 Å². The molecule has 1 heterocycles. The normalized spacial score (nSPS) is 13.7. The lowest BCUT2D eigenvalue weighted by Gasteiger charge is -2.18. The van der Waals surface area contributed by atoms with Gasteiger partial charge < -0.3 is 11.1 Å². The number of anilines is 1. The van der Waals surface area contributed by atoms with Crippen molar-refractivity contribution >= 4 is 5.69 Å². The van der Waals surface area contributed by atoms with Crippen molar-refractivity contribution in [2.24, 2.45) is 0 Å². The van der Waals surface area contributed by atoms with E-state index < -0.39 is 0 Å². The van der Waals surface area contributed by atoms with E-state index in [1.165, 1.54) is 11.3 Å². The number of rotatable bonds is 2. The van der Waals surface area contributed by atoms with Crippen molar-refractivity contribution in [1.82, 2.24) is 6.15 Å². The summed E-state index contributed by atoms with van der Waals surface area (Å²) in [6, 6.07) is 3.67. The van der Waals surface area contributed by atoms with Crippen molar-refractivity contribution in [2.75, 3.05) is 18.0 Å². The predicted octanol–water partition coefficient (Wildman–Crippen LogP) is 3.07. The van der Waals surface area contributed by atoms with Gasteiger partial charge in [-0.2, -0.15) is 0 Å². The summed E-state index contributed by atoms with van der Waals surface area (Å²) in [5.41, 5.74) is 3.17. The molecule has 84 valence electrons. The van der Waals surface area contributed by atoms with Crippen LogP contribution in [0.3, 0.4) is 0 Å². The van der Waals surface area contributed by atoms with Gasteiger partial charge in [0.25, 0.3) is 0 Å². The van der Waals surface area contributed by atoms with Crippen molar-refractivity contribution in [3.63, 3.8) is 0 Å². The fourth-order valence-electron chi connectivity index (χ4n) is 2.08. The largest absolute Gasteiger partial charge is 0.371 e. The fraction of sp³-hybridized carbons (Fsp3) is 0.500. The van der Waals surface area contributed by atoms with Gasteiger partial charge in [-0.15, -0.1) is 0 Å². The Morgan fingerprint density at radius 1 is 1.40 bits per heavy atom. The van der Waals surface area contributed by atoms with Gasteiger partial charge in [0.2, 0.25) is 0 Å². The Bertz CT molecular complexity index is 350. The number of aryl methyl sites for hydroxylation is 1. The lowest BCUT2D eigenvalue weighted by Crippen LogP contribution is -2.20. The SMILES string of the molecule is CCCN1CCc2cc(F)c(C)cc21.N. The van der Waals surface area contributed by atoms with E-state index in [0.29, 0.717) is 0 Å². The zero-order valence-electron chi connectivity index (χ0n) is 9.52. The maximum Gasteiger partial charge on any atom is 0.126 e. The van der Waals surface area contributed by atoms with Crippen LogP contribution in [-0.4, -0.2) is 13.1 Å². The van der Waals surface area contributed by atoms with Crippen molar-refractivity contribution in [3.05, 3.63) is 29.1 Å². The number of hydrogen-bond donors (Lipinski definition) is 1. The van der Waals surface area contributed by atoms with Crippen molar-refractivity contribution in [1.29, 1.82) is 0 Å². The zero-order valence-corrected chi connectivity index (χ0v) is 9.52. The minimum Gasteiger partial charge on any atom is -0.371 e. The molecule has 3 N–H and O–H groups in total. The quantitative estimate of drug-likeness (QED) is 0.814. The Labute approximate surface area is 90.7 Å². The fourth-order valence-corrected chi connectivity index (χ4v) is 2.08. The van der Waals surface area contributed by atoms with E-state index in [4.69, 9.17) is 0 Å². The highest BCUT2D eigenvalue weighted by molar-refractivity contribution is 5.59. The molecule has 0 radical (unpaired) electrons. The number of halogens is 1. The van der Waals surface area contributed by atoms with Crippen LogP contribution in [0.15, 0.2) is 12.1 Å². The second kappa shape index (κ2) is 4.62. The van der Waals surface area contributed by atoms with Gasteiger partial charge in [-0.3, -0.25) is 0 Å². The summed E-state index contributed by atoms with van der Waals surface area (Å²) < 4.78 is 13.3. The first-order chi connectivity index (χ1) is 6.72. The third-order valence-electron chi connectivity index (χ3n) is 2.85. The molecule has 0 aromatic heterocycles. The third kappa shape index (κ3) is 2.12. The van der Waals surface area contributed by atoms with E-state index in [1.54, 1.807) is 6.07 Å². The van der Waals surface area contributed by atoms with E-state index in [0.717, 1.165) is 31.5 Å². The zero-order chi connectivity index (χ0) is 10.1. The monoisotopic (exact) mass is 210 g/mol. The van der Waals surface area contributed by atoms with Crippen LogP contribution in [0.5, 0.6) is 0 Å². The molecule has 1 aromatic rings. The molecule has 2 nitrogen and oxygen atoms in total. The average molecular weight is 210 g/mol. The van der Waals surface area contributed by atoms with Crippen LogP contribution >= 0.6 is 0 Å². The number of nitrogens with zero attached hydrogens (tertiary/aromatic N) is 1. The molecule has 0 aliphatic carbocycles. The molecular weight excluding hydrogens is 191 g/mol. The molecule has 0 bridgehead atoms. The highest BCUT2D eigenvalue weighted by Crippen LogP contribution is 2.30. The Morgan fingerprint density at radius 2 is 2.13 bits per heavy atom. The summed E-state index contributed by atoms with van der Waals surface area (Å²) in [5, 5.41) is 0. The second-order valence-corrected chi connectivity index (χ2v) is 3.97. The number of hydrogen-bond acceptors (Lipinski definition) is 2. The van der Waals surface area contributed by atoms with Crippen molar-refractivity contribution in [3.8, 4) is 0 Å². The number of fused-ring (bicyclic) bond motifs is 1. The second-order valence-electron chi connectivity index (χ2n) is 3.97. The Balaban J connectivity index is 0.00000112. The Kier molecular flexibility index (Phi) is 3.69. The van der Waals surface area contributed by atoms with Gasteiger partial charge in [0.05, 0.1) is 0 Å². The lowest BCUT2D eigenvalue weighted by molar-refractivity contribution is 0.617. The van der Waals surface area contributed by atoms with Gasteiger partial charge in [-0.05, 0) is 43.0 Å². The van der Waals surface area contributed by atoms with Gasteiger partial charge in [-0.1, -0.05) is 6.92 Å². The summed E-state index contributed by atoms with van der Waals surface area (Å²) in [6.07, 6.45) is 2.14. The first-order valence-electron chi connectivity index (χ1n) is 5.26. The van der Waals surface area contributed by atoms with Crippen molar-refractivity contribution < 1.29 is 4.39 Å². The lowest BCUT2D eigenvalue weighted by atomic mass is 10.1. The van der Waals surface area contributed by atoms with Gasteiger partial charge in [-0.25, -0.2) is 4.39 Å². The van der Waals surface area contributed by atoms with Crippen LogP contribution < -0.4 is 11.1 Å². The molecule has 2 rings (SSSR count). The van der Waals surface area contributed by atoms with Gasteiger partial charge in [0, 0.05) is 18.8 Å². The third-order valence-corrected chi connectivity index (χ3v) is 2.85. The molecule has 0 unspecified atom stereocenters. The van der Waals surface area contributed by atoms with Crippen LogP contribution in [0.4, 0.5) is 10.1 Å². The standard InChI is InChI=1S/C12H16FN.H3N/c1-3-5-14-6-4-10-8-11(13)9(2)7-12(10)14;/h7-8H,3-6H2,1-2H3;1H3. The van der Waals surface area contributed by atoms with Crippen LogP contribution in [0, 0.1) is 12.7 Å². The molecule has 1 aliphatic heterocycles. The summed E-state index contributed by atoms with van der Waals surface area (Å²) >= 11 is 0. The molecular formula is C12H19FN2. The maximum absolute atomic E-state index is 13.3.